The molecule has 0 aliphatic heterocycles. The highest BCUT2D eigenvalue weighted by atomic mass is 16.5. The molecule has 0 aliphatic carbocycles. The Morgan fingerprint density at radius 1 is 1.00 bits per heavy atom. The number of benzene rings is 2. The molecule has 0 unspecified atom stereocenters. The summed E-state index contributed by atoms with van der Waals surface area (Å²) >= 11 is 0. The van der Waals surface area contributed by atoms with E-state index in [0.717, 1.165) is 41.0 Å². The molecule has 0 saturated heterocycles. The van der Waals surface area contributed by atoms with Gasteiger partial charge in [0.1, 0.15) is 17.9 Å². The van der Waals surface area contributed by atoms with E-state index in [1.54, 1.807) is 24.9 Å². The molecule has 0 bridgehead atoms. The fourth-order valence-electron chi connectivity index (χ4n) is 2.76. The SMILES string of the molecule is Nc1ccc2ncnc(NCCc3cccc(Oc4cnccn4)c3)c2c1. The van der Waals surface area contributed by atoms with Gasteiger partial charge in [0.25, 0.3) is 0 Å². The zero-order valence-electron chi connectivity index (χ0n) is 14.5. The van der Waals surface area contributed by atoms with Crippen LogP contribution in [0.15, 0.2) is 67.4 Å². The Hall–Kier alpha value is -3.74. The van der Waals surface area contributed by atoms with Crippen LogP contribution < -0.4 is 15.8 Å². The second-order valence-corrected chi connectivity index (χ2v) is 5.97. The lowest BCUT2D eigenvalue weighted by Gasteiger charge is -2.10. The van der Waals surface area contributed by atoms with Crippen molar-refractivity contribution in [2.45, 2.75) is 6.42 Å². The monoisotopic (exact) mass is 358 g/mol. The van der Waals surface area contributed by atoms with Gasteiger partial charge in [-0.25, -0.2) is 15.0 Å². The first-order valence-corrected chi connectivity index (χ1v) is 8.55. The Labute approximate surface area is 156 Å². The van der Waals surface area contributed by atoms with Crippen molar-refractivity contribution in [3.8, 4) is 11.6 Å². The van der Waals surface area contributed by atoms with Gasteiger partial charge in [-0.1, -0.05) is 12.1 Å². The van der Waals surface area contributed by atoms with Crippen LogP contribution in [0.5, 0.6) is 11.6 Å². The number of rotatable bonds is 6. The summed E-state index contributed by atoms with van der Waals surface area (Å²) in [6, 6.07) is 13.5. The number of hydrogen-bond acceptors (Lipinski definition) is 7. The molecule has 134 valence electrons. The van der Waals surface area contributed by atoms with Gasteiger partial charge in [0, 0.05) is 30.0 Å². The quantitative estimate of drug-likeness (QED) is 0.509. The second-order valence-electron chi connectivity index (χ2n) is 5.97. The van der Waals surface area contributed by atoms with Crippen molar-refractivity contribution >= 4 is 22.4 Å². The van der Waals surface area contributed by atoms with E-state index in [0.29, 0.717) is 11.6 Å². The Morgan fingerprint density at radius 3 is 2.85 bits per heavy atom. The highest BCUT2D eigenvalue weighted by Crippen LogP contribution is 2.22. The molecule has 0 saturated carbocycles. The number of nitrogens with zero attached hydrogens (tertiary/aromatic N) is 4. The summed E-state index contributed by atoms with van der Waals surface area (Å²) in [4.78, 5) is 16.7. The third-order valence-corrected chi connectivity index (χ3v) is 4.03. The molecule has 0 aliphatic rings. The molecule has 3 N–H and O–H groups in total. The number of nitrogen functional groups attached to an aromatic ring is 1. The van der Waals surface area contributed by atoms with E-state index in [-0.39, 0.29) is 0 Å². The molecule has 0 spiro atoms. The van der Waals surface area contributed by atoms with Gasteiger partial charge in [0.2, 0.25) is 5.88 Å². The second kappa shape index (κ2) is 7.65. The lowest BCUT2D eigenvalue weighted by atomic mass is 10.1. The summed E-state index contributed by atoms with van der Waals surface area (Å²) in [5.41, 5.74) is 8.58. The first kappa shape index (κ1) is 16.7. The van der Waals surface area contributed by atoms with Crippen LogP contribution in [0.3, 0.4) is 0 Å². The molecule has 27 heavy (non-hydrogen) atoms. The van der Waals surface area contributed by atoms with Crippen molar-refractivity contribution in [2.75, 3.05) is 17.6 Å². The predicted molar refractivity (Wildman–Crippen MR) is 105 cm³/mol. The average Bonchev–Trinajstić information content (AvgIpc) is 2.69. The van der Waals surface area contributed by atoms with Gasteiger partial charge in [-0.2, -0.15) is 0 Å². The standard InChI is InChI=1S/C20H18N6O/c21-15-4-5-18-17(11-15)20(26-13-25-18)24-7-6-14-2-1-3-16(10-14)27-19-12-22-8-9-23-19/h1-5,8-13H,6-7,21H2,(H,24,25,26). The maximum absolute atomic E-state index is 5.89. The number of anilines is 2. The molecule has 2 aromatic carbocycles. The minimum absolute atomic E-state index is 0.470. The Balaban J connectivity index is 1.42. The summed E-state index contributed by atoms with van der Waals surface area (Å²) in [5, 5.41) is 4.28. The van der Waals surface area contributed by atoms with Crippen molar-refractivity contribution in [1.82, 2.24) is 19.9 Å². The Morgan fingerprint density at radius 2 is 1.96 bits per heavy atom. The smallest absolute Gasteiger partial charge is 0.237 e. The van der Waals surface area contributed by atoms with Crippen LogP contribution in [0.2, 0.25) is 0 Å². The third-order valence-electron chi connectivity index (χ3n) is 4.03. The van der Waals surface area contributed by atoms with Crippen LogP contribution in [0.1, 0.15) is 5.56 Å². The summed E-state index contributed by atoms with van der Waals surface area (Å²) in [6.45, 7) is 0.718. The fraction of sp³-hybridized carbons (Fsp3) is 0.100. The maximum atomic E-state index is 5.89. The predicted octanol–water partition coefficient (Wildman–Crippen LogP) is 3.45. The molecule has 4 aromatic rings. The number of aromatic nitrogens is 4. The van der Waals surface area contributed by atoms with E-state index in [2.05, 4.69) is 31.3 Å². The topological polar surface area (TPSA) is 98.8 Å². The summed E-state index contributed by atoms with van der Waals surface area (Å²) < 4.78 is 5.73. The molecule has 0 fully saturated rings. The molecule has 2 heterocycles. The molecule has 0 radical (unpaired) electrons. The van der Waals surface area contributed by atoms with Crippen molar-refractivity contribution < 1.29 is 4.74 Å². The molecule has 7 nitrogen and oxygen atoms in total. The van der Waals surface area contributed by atoms with E-state index >= 15 is 0 Å². The molecule has 0 amide bonds. The fourth-order valence-corrected chi connectivity index (χ4v) is 2.76. The summed E-state index contributed by atoms with van der Waals surface area (Å²) in [6.07, 6.45) is 7.16. The number of nitrogens with one attached hydrogen (secondary N) is 1. The van der Waals surface area contributed by atoms with Crippen LogP contribution in [0, 0.1) is 0 Å². The minimum atomic E-state index is 0.470. The minimum Gasteiger partial charge on any atom is -0.437 e. The van der Waals surface area contributed by atoms with E-state index in [1.165, 1.54) is 0 Å². The molecule has 4 rings (SSSR count). The highest BCUT2D eigenvalue weighted by Gasteiger charge is 2.05. The van der Waals surface area contributed by atoms with Crippen molar-refractivity contribution in [3.05, 3.63) is 72.9 Å². The summed E-state index contributed by atoms with van der Waals surface area (Å²) in [7, 11) is 0. The Bertz CT molecular complexity index is 1050. The molecule has 7 heteroatoms. The molecule has 2 aromatic heterocycles. The van der Waals surface area contributed by atoms with Gasteiger partial charge in [-0.3, -0.25) is 4.98 Å². The number of nitrogens with two attached hydrogens (primary N) is 1. The third kappa shape index (κ3) is 4.09. The molecule has 0 atom stereocenters. The van der Waals surface area contributed by atoms with Crippen molar-refractivity contribution in [1.29, 1.82) is 0 Å². The van der Waals surface area contributed by atoms with Crippen LogP contribution in [0.25, 0.3) is 10.9 Å². The van der Waals surface area contributed by atoms with E-state index < -0.39 is 0 Å². The lowest BCUT2D eigenvalue weighted by Crippen LogP contribution is -2.07. The number of hydrogen-bond donors (Lipinski definition) is 2. The zero-order valence-corrected chi connectivity index (χ0v) is 14.5. The maximum Gasteiger partial charge on any atom is 0.237 e. The number of fused-ring (bicyclic) bond motifs is 1. The normalized spacial score (nSPS) is 10.7. The van der Waals surface area contributed by atoms with Crippen LogP contribution >= 0.6 is 0 Å². The van der Waals surface area contributed by atoms with Gasteiger partial charge >= 0.3 is 0 Å². The Kier molecular flexibility index (Phi) is 4.74. The van der Waals surface area contributed by atoms with E-state index in [1.807, 2.05) is 36.4 Å². The highest BCUT2D eigenvalue weighted by molar-refractivity contribution is 5.91. The van der Waals surface area contributed by atoms with Crippen LogP contribution in [-0.4, -0.2) is 26.5 Å². The first-order valence-electron chi connectivity index (χ1n) is 8.55. The zero-order chi connectivity index (χ0) is 18.5. The van der Waals surface area contributed by atoms with Crippen LogP contribution in [-0.2, 0) is 6.42 Å². The van der Waals surface area contributed by atoms with E-state index in [4.69, 9.17) is 10.5 Å². The van der Waals surface area contributed by atoms with Gasteiger partial charge < -0.3 is 15.8 Å². The van der Waals surface area contributed by atoms with Gasteiger partial charge in [0.05, 0.1) is 11.7 Å². The van der Waals surface area contributed by atoms with Crippen molar-refractivity contribution in [2.24, 2.45) is 0 Å². The van der Waals surface area contributed by atoms with Crippen LogP contribution in [0.4, 0.5) is 11.5 Å². The van der Waals surface area contributed by atoms with Gasteiger partial charge in [-0.15, -0.1) is 0 Å². The molecular weight excluding hydrogens is 340 g/mol. The first-order chi connectivity index (χ1) is 13.3. The van der Waals surface area contributed by atoms with Crippen molar-refractivity contribution in [3.63, 3.8) is 0 Å². The van der Waals surface area contributed by atoms with Gasteiger partial charge in [-0.05, 0) is 42.3 Å². The largest absolute Gasteiger partial charge is 0.437 e. The lowest BCUT2D eigenvalue weighted by molar-refractivity contribution is 0.459. The molecular formula is C20H18N6O. The van der Waals surface area contributed by atoms with Gasteiger partial charge in [0.15, 0.2) is 0 Å². The number of ether oxygens (including phenoxy) is 1. The van der Waals surface area contributed by atoms with E-state index in [9.17, 15) is 0 Å². The average molecular weight is 358 g/mol. The summed E-state index contributed by atoms with van der Waals surface area (Å²) in [5.74, 6) is 1.98.